The van der Waals surface area contributed by atoms with Crippen LogP contribution >= 0.6 is 0 Å². The number of sulfonamides is 1. The fourth-order valence-electron chi connectivity index (χ4n) is 5.00. The lowest BCUT2D eigenvalue weighted by atomic mass is 10.0. The quantitative estimate of drug-likeness (QED) is 0.665. The first kappa shape index (κ1) is 22.2. The number of hydrogen-bond acceptors (Lipinski definition) is 4. The number of amides is 1. The molecule has 2 fully saturated rings. The molecule has 33 heavy (non-hydrogen) atoms. The first-order valence-corrected chi connectivity index (χ1v) is 12.5. The third kappa shape index (κ3) is 3.89. The molecule has 10 heteroatoms. The van der Waals surface area contributed by atoms with Crippen LogP contribution in [0.1, 0.15) is 36.8 Å². The largest absolute Gasteiger partial charge is 0.416 e. The highest BCUT2D eigenvalue weighted by atomic mass is 32.2. The summed E-state index contributed by atoms with van der Waals surface area (Å²) in [6.45, 7) is 1.54. The number of alkyl halides is 3. The van der Waals surface area contributed by atoms with Gasteiger partial charge in [0, 0.05) is 19.6 Å². The van der Waals surface area contributed by atoms with Gasteiger partial charge in [-0.1, -0.05) is 12.1 Å². The molecule has 6 nitrogen and oxygen atoms in total. The van der Waals surface area contributed by atoms with Crippen LogP contribution in [-0.4, -0.2) is 44.3 Å². The molecule has 1 unspecified atom stereocenters. The van der Waals surface area contributed by atoms with Crippen LogP contribution in [-0.2, 0) is 27.5 Å². The highest BCUT2D eigenvalue weighted by Crippen LogP contribution is 2.42. The zero-order valence-corrected chi connectivity index (χ0v) is 18.7. The van der Waals surface area contributed by atoms with Crippen molar-refractivity contribution in [2.45, 2.75) is 49.3 Å². The van der Waals surface area contributed by atoms with Crippen molar-refractivity contribution in [3.63, 3.8) is 0 Å². The summed E-state index contributed by atoms with van der Waals surface area (Å²) in [5, 5.41) is 0. The molecule has 0 spiro atoms. The van der Waals surface area contributed by atoms with Crippen molar-refractivity contribution in [1.29, 1.82) is 0 Å². The van der Waals surface area contributed by atoms with Crippen molar-refractivity contribution in [3.05, 3.63) is 53.6 Å². The van der Waals surface area contributed by atoms with Crippen LogP contribution in [0.15, 0.2) is 47.4 Å². The number of hydrogen-bond donors (Lipinski definition) is 0. The molecule has 1 amide bonds. The number of carbonyl (C=O) groups is 1. The second kappa shape index (κ2) is 8.02. The van der Waals surface area contributed by atoms with E-state index in [1.807, 2.05) is 4.90 Å². The maximum atomic E-state index is 13.4. The van der Waals surface area contributed by atoms with Gasteiger partial charge >= 0.3 is 6.18 Å². The van der Waals surface area contributed by atoms with Crippen molar-refractivity contribution >= 4 is 27.3 Å². The summed E-state index contributed by atoms with van der Waals surface area (Å²) in [4.78, 5) is 16.9. The number of carbonyl (C=O) groups excluding carboxylic acids is 1. The molecule has 2 saturated heterocycles. The molecule has 3 aliphatic rings. The van der Waals surface area contributed by atoms with Crippen LogP contribution in [0.2, 0.25) is 0 Å². The summed E-state index contributed by atoms with van der Waals surface area (Å²) < 4.78 is 67.3. The Kier molecular flexibility index (Phi) is 5.40. The molecule has 176 valence electrons. The minimum absolute atomic E-state index is 0.0622. The van der Waals surface area contributed by atoms with E-state index < -0.39 is 21.8 Å². The van der Waals surface area contributed by atoms with Crippen LogP contribution in [0.5, 0.6) is 0 Å². The van der Waals surface area contributed by atoms with E-state index in [1.54, 1.807) is 18.2 Å². The summed E-state index contributed by atoms with van der Waals surface area (Å²) in [6.07, 6.45) is -1.40. The predicted octanol–water partition coefficient (Wildman–Crippen LogP) is 4.01. The summed E-state index contributed by atoms with van der Waals surface area (Å²) in [5.74, 6) is -0.215. The minimum atomic E-state index is -4.49. The summed E-state index contributed by atoms with van der Waals surface area (Å²) >= 11 is 0. The molecular weight excluding hydrogens is 455 g/mol. The normalized spacial score (nSPS) is 21.4. The number of benzene rings is 2. The Balaban J connectivity index is 1.56. The van der Waals surface area contributed by atoms with E-state index in [0.29, 0.717) is 37.3 Å². The molecule has 0 aliphatic carbocycles. The van der Waals surface area contributed by atoms with Crippen molar-refractivity contribution < 1.29 is 26.4 Å². The standard InChI is InChI=1S/C23H24F3N3O3S/c24-23(25,26)17-6-3-5-16(13-17)15-29-21-14-18(33(31,32)27-10-1-2-11-27)8-9-19(21)28-12-4-7-20(28)22(29)30/h3,5-6,8-9,13-14,20H,1-2,4,7,10-12,15H2. The molecule has 3 aliphatic heterocycles. The van der Waals surface area contributed by atoms with E-state index in [4.69, 9.17) is 0 Å². The monoisotopic (exact) mass is 479 g/mol. The number of anilines is 2. The fourth-order valence-corrected chi connectivity index (χ4v) is 6.54. The van der Waals surface area contributed by atoms with Gasteiger partial charge < -0.3 is 9.80 Å². The minimum Gasteiger partial charge on any atom is -0.358 e. The lowest BCUT2D eigenvalue weighted by molar-refractivity contribution is -0.137. The average Bonchev–Trinajstić information content (AvgIpc) is 3.49. The van der Waals surface area contributed by atoms with E-state index >= 15 is 0 Å². The van der Waals surface area contributed by atoms with E-state index in [9.17, 15) is 26.4 Å². The summed E-state index contributed by atoms with van der Waals surface area (Å²) in [7, 11) is -3.71. The van der Waals surface area contributed by atoms with Gasteiger partial charge in [-0.15, -0.1) is 0 Å². The molecule has 2 aromatic carbocycles. The van der Waals surface area contributed by atoms with E-state index in [0.717, 1.165) is 37.1 Å². The number of fused-ring (bicyclic) bond motifs is 3. The van der Waals surface area contributed by atoms with Crippen LogP contribution in [0.4, 0.5) is 24.5 Å². The highest BCUT2D eigenvalue weighted by molar-refractivity contribution is 7.89. The van der Waals surface area contributed by atoms with Gasteiger partial charge in [0.1, 0.15) is 6.04 Å². The Morgan fingerprint density at radius 1 is 0.939 bits per heavy atom. The van der Waals surface area contributed by atoms with Crippen molar-refractivity contribution in [2.75, 3.05) is 29.4 Å². The smallest absolute Gasteiger partial charge is 0.358 e. The van der Waals surface area contributed by atoms with E-state index in [2.05, 4.69) is 0 Å². The van der Waals surface area contributed by atoms with Gasteiger partial charge in [-0.25, -0.2) is 8.42 Å². The molecule has 0 bridgehead atoms. The first-order chi connectivity index (χ1) is 15.7. The number of rotatable bonds is 4. The Hall–Kier alpha value is -2.59. The van der Waals surface area contributed by atoms with Gasteiger partial charge in [0.05, 0.1) is 28.4 Å². The van der Waals surface area contributed by atoms with Gasteiger partial charge in [-0.2, -0.15) is 17.5 Å². The maximum absolute atomic E-state index is 13.4. The number of halogens is 3. The Labute approximate surface area is 190 Å². The lowest BCUT2D eigenvalue weighted by Crippen LogP contribution is -2.50. The SMILES string of the molecule is O=C1C2CCCN2c2ccc(S(=O)(=O)N3CCCC3)cc2N1Cc1cccc(C(F)(F)F)c1. The zero-order valence-electron chi connectivity index (χ0n) is 17.9. The van der Waals surface area contributed by atoms with Crippen LogP contribution in [0, 0.1) is 0 Å². The molecule has 0 aromatic heterocycles. The van der Waals surface area contributed by atoms with Crippen molar-refractivity contribution in [2.24, 2.45) is 0 Å². The predicted molar refractivity (Wildman–Crippen MR) is 117 cm³/mol. The first-order valence-electron chi connectivity index (χ1n) is 11.0. The van der Waals surface area contributed by atoms with Gasteiger partial charge in [-0.05, 0) is 61.6 Å². The molecule has 3 heterocycles. The third-order valence-electron chi connectivity index (χ3n) is 6.65. The second-order valence-corrected chi connectivity index (χ2v) is 10.7. The highest BCUT2D eigenvalue weighted by Gasteiger charge is 2.42. The van der Waals surface area contributed by atoms with Crippen LogP contribution in [0.25, 0.3) is 0 Å². The molecule has 1 atom stereocenters. The molecule has 2 aromatic rings. The molecule has 5 rings (SSSR count). The van der Waals surface area contributed by atoms with Crippen molar-refractivity contribution in [1.82, 2.24) is 4.31 Å². The molecule has 0 N–H and O–H groups in total. The summed E-state index contributed by atoms with van der Waals surface area (Å²) in [6, 6.07) is 9.32. The third-order valence-corrected chi connectivity index (χ3v) is 8.54. The van der Waals surface area contributed by atoms with Crippen molar-refractivity contribution in [3.8, 4) is 0 Å². The van der Waals surface area contributed by atoms with Gasteiger partial charge in [-0.3, -0.25) is 4.79 Å². The average molecular weight is 480 g/mol. The van der Waals surface area contributed by atoms with Gasteiger partial charge in [0.2, 0.25) is 15.9 Å². The molecular formula is C23H24F3N3O3S. The maximum Gasteiger partial charge on any atom is 0.416 e. The zero-order chi connectivity index (χ0) is 23.4. The summed E-state index contributed by atoms with van der Waals surface area (Å²) in [5.41, 5.74) is 0.723. The molecule has 0 saturated carbocycles. The van der Waals surface area contributed by atoms with E-state index in [1.165, 1.54) is 21.3 Å². The van der Waals surface area contributed by atoms with Crippen LogP contribution < -0.4 is 9.80 Å². The van der Waals surface area contributed by atoms with Gasteiger partial charge in [0.25, 0.3) is 0 Å². The second-order valence-electron chi connectivity index (χ2n) is 8.74. The van der Waals surface area contributed by atoms with Crippen LogP contribution in [0.3, 0.4) is 0 Å². The fraction of sp³-hybridized carbons (Fsp3) is 0.435. The Bertz CT molecular complexity index is 1190. The molecule has 0 radical (unpaired) electrons. The lowest BCUT2D eigenvalue weighted by Gasteiger charge is -2.40. The Morgan fingerprint density at radius 3 is 2.42 bits per heavy atom. The topological polar surface area (TPSA) is 60.9 Å². The van der Waals surface area contributed by atoms with E-state index in [-0.39, 0.29) is 23.4 Å². The Morgan fingerprint density at radius 2 is 1.70 bits per heavy atom. The number of nitrogens with zero attached hydrogens (tertiary/aromatic N) is 3. The van der Waals surface area contributed by atoms with Gasteiger partial charge in [0.15, 0.2) is 0 Å².